The van der Waals surface area contributed by atoms with Gasteiger partial charge in [-0.05, 0) is 48.7 Å². The number of hydrogen-bond acceptors (Lipinski definition) is 6. The predicted octanol–water partition coefficient (Wildman–Crippen LogP) is 2.70. The van der Waals surface area contributed by atoms with E-state index in [1.165, 1.54) is 27.7 Å². The Morgan fingerprint density at radius 1 is 1.25 bits per heavy atom. The van der Waals surface area contributed by atoms with Gasteiger partial charge in [0.25, 0.3) is 5.56 Å². The van der Waals surface area contributed by atoms with Gasteiger partial charge in [0.05, 0.1) is 30.5 Å². The number of rotatable bonds is 6. The van der Waals surface area contributed by atoms with Crippen molar-refractivity contribution in [3.63, 3.8) is 0 Å². The molecule has 4 aromatic rings. The molecule has 1 aliphatic rings. The molecule has 190 valence electrons. The smallest absolute Gasteiger partial charge is 0.331 e. The number of nitrogens with zero attached hydrogens (tertiary/aromatic N) is 5. The van der Waals surface area contributed by atoms with Crippen LogP contribution in [0.1, 0.15) is 23.6 Å². The second-order valence-corrected chi connectivity index (χ2v) is 9.18. The lowest BCUT2D eigenvalue weighted by atomic mass is 9.94. The van der Waals surface area contributed by atoms with Crippen LogP contribution in [0, 0.1) is 6.92 Å². The quantitative estimate of drug-likeness (QED) is 0.411. The lowest BCUT2D eigenvalue weighted by Gasteiger charge is -2.25. The van der Waals surface area contributed by atoms with Crippen molar-refractivity contribution in [2.24, 2.45) is 0 Å². The lowest BCUT2D eigenvalue weighted by molar-refractivity contribution is 0.0292. The number of hydrogen-bond donors (Lipinski definition) is 1. The number of aromatic nitrogens is 5. The summed E-state index contributed by atoms with van der Waals surface area (Å²) in [6, 6.07) is 7.22. The van der Waals surface area contributed by atoms with Crippen molar-refractivity contribution in [1.82, 2.24) is 29.0 Å². The van der Waals surface area contributed by atoms with E-state index in [-0.39, 0.29) is 36.3 Å². The van der Waals surface area contributed by atoms with Crippen LogP contribution in [-0.4, -0.2) is 49.5 Å². The van der Waals surface area contributed by atoms with E-state index in [2.05, 4.69) is 15.4 Å². The second-order valence-electron chi connectivity index (χ2n) is 8.75. The standard InChI is InChI=1S/C25H27ClN6O3.ClH/c1-3-30-6-4-23(33)31(25(30)34)13-17-9-22-24(28-15-29-32(22)14-17)21-10-18(26)8-16(2)20(21)11-19-12-27-5-7-35-19;/h4,6,8-10,14-15,19,27H,3,5,7,11-13H2,1-2H3;1H. The Morgan fingerprint density at radius 3 is 2.83 bits per heavy atom. The van der Waals surface area contributed by atoms with Crippen molar-refractivity contribution in [2.45, 2.75) is 39.5 Å². The van der Waals surface area contributed by atoms with E-state index in [1.54, 1.807) is 4.52 Å². The van der Waals surface area contributed by atoms with Gasteiger partial charge in [0.2, 0.25) is 0 Å². The number of nitrogens with one attached hydrogen (secondary N) is 1. The first-order valence-electron chi connectivity index (χ1n) is 11.7. The molecule has 0 spiro atoms. The molecule has 0 amide bonds. The number of halogens is 2. The van der Waals surface area contributed by atoms with Crippen molar-refractivity contribution < 1.29 is 4.74 Å². The normalized spacial score (nSPS) is 15.7. The Bertz CT molecular complexity index is 1500. The number of ether oxygens (including phenoxy) is 1. The molecule has 1 saturated heterocycles. The van der Waals surface area contributed by atoms with Crippen LogP contribution >= 0.6 is 24.0 Å². The fourth-order valence-electron chi connectivity index (χ4n) is 4.64. The summed E-state index contributed by atoms with van der Waals surface area (Å²) in [5, 5.41) is 8.38. The fraction of sp³-hybridized carbons (Fsp3) is 0.360. The maximum Gasteiger partial charge on any atom is 0.331 e. The average Bonchev–Trinajstić information content (AvgIpc) is 3.27. The first kappa shape index (κ1) is 26.1. The van der Waals surface area contributed by atoms with E-state index in [9.17, 15) is 9.59 Å². The topological polar surface area (TPSA) is 95.4 Å². The van der Waals surface area contributed by atoms with Crippen molar-refractivity contribution in [1.29, 1.82) is 0 Å². The zero-order chi connectivity index (χ0) is 24.5. The molecule has 1 unspecified atom stereocenters. The van der Waals surface area contributed by atoms with Crippen LogP contribution in [0.2, 0.25) is 5.02 Å². The Labute approximate surface area is 219 Å². The molecular formula is C25H28Cl2N6O3. The minimum Gasteiger partial charge on any atom is -0.375 e. The van der Waals surface area contributed by atoms with Crippen LogP contribution in [0.15, 0.2) is 52.6 Å². The molecule has 9 nitrogen and oxygen atoms in total. The molecule has 4 heterocycles. The molecule has 0 bridgehead atoms. The third-order valence-electron chi connectivity index (χ3n) is 6.41. The largest absolute Gasteiger partial charge is 0.375 e. The van der Waals surface area contributed by atoms with Crippen LogP contribution in [0.4, 0.5) is 0 Å². The average molecular weight is 531 g/mol. The lowest BCUT2D eigenvalue weighted by Crippen LogP contribution is -2.39. The fourth-order valence-corrected chi connectivity index (χ4v) is 4.91. The first-order valence-corrected chi connectivity index (χ1v) is 12.1. The third-order valence-corrected chi connectivity index (χ3v) is 6.63. The molecular weight excluding hydrogens is 503 g/mol. The van der Waals surface area contributed by atoms with E-state index in [4.69, 9.17) is 16.3 Å². The highest BCUT2D eigenvalue weighted by molar-refractivity contribution is 6.31. The number of benzene rings is 1. The summed E-state index contributed by atoms with van der Waals surface area (Å²) < 4.78 is 10.4. The monoisotopic (exact) mass is 530 g/mol. The van der Waals surface area contributed by atoms with Gasteiger partial charge < -0.3 is 14.6 Å². The predicted molar refractivity (Wildman–Crippen MR) is 141 cm³/mol. The number of aryl methyl sites for hydroxylation is 2. The van der Waals surface area contributed by atoms with Crippen LogP contribution in [0.5, 0.6) is 0 Å². The summed E-state index contributed by atoms with van der Waals surface area (Å²) in [7, 11) is 0. The van der Waals surface area contributed by atoms with Gasteiger partial charge in [0.1, 0.15) is 6.33 Å². The second kappa shape index (κ2) is 11.0. The zero-order valence-corrected chi connectivity index (χ0v) is 21.7. The Kier molecular flexibility index (Phi) is 7.94. The van der Waals surface area contributed by atoms with Crippen LogP contribution in [0.3, 0.4) is 0 Å². The van der Waals surface area contributed by atoms with Gasteiger partial charge in [-0.1, -0.05) is 11.6 Å². The summed E-state index contributed by atoms with van der Waals surface area (Å²) in [5.74, 6) is 0. The zero-order valence-electron chi connectivity index (χ0n) is 20.1. The molecule has 0 radical (unpaired) electrons. The van der Waals surface area contributed by atoms with Crippen LogP contribution in [0.25, 0.3) is 16.8 Å². The van der Waals surface area contributed by atoms with Gasteiger partial charge in [-0.3, -0.25) is 9.36 Å². The highest BCUT2D eigenvalue weighted by Crippen LogP contribution is 2.33. The maximum atomic E-state index is 12.7. The van der Waals surface area contributed by atoms with Gasteiger partial charge in [-0.15, -0.1) is 12.4 Å². The maximum absolute atomic E-state index is 12.7. The van der Waals surface area contributed by atoms with E-state index in [0.717, 1.165) is 53.0 Å². The summed E-state index contributed by atoms with van der Waals surface area (Å²) >= 11 is 6.47. The van der Waals surface area contributed by atoms with E-state index in [1.807, 2.05) is 38.2 Å². The van der Waals surface area contributed by atoms with Gasteiger partial charge in [0, 0.05) is 55.1 Å². The molecule has 1 N–H and O–H groups in total. The molecule has 1 atom stereocenters. The van der Waals surface area contributed by atoms with E-state index >= 15 is 0 Å². The van der Waals surface area contributed by atoms with Crippen molar-refractivity contribution in [2.75, 3.05) is 19.7 Å². The summed E-state index contributed by atoms with van der Waals surface area (Å²) in [6.45, 7) is 6.87. The van der Waals surface area contributed by atoms with E-state index in [0.29, 0.717) is 18.2 Å². The van der Waals surface area contributed by atoms with Crippen LogP contribution in [-0.2, 0) is 24.2 Å². The molecule has 1 fully saturated rings. The number of fused-ring (bicyclic) bond motifs is 1. The minimum atomic E-state index is -0.338. The van der Waals surface area contributed by atoms with Crippen molar-refractivity contribution >= 4 is 29.5 Å². The molecule has 11 heteroatoms. The number of morpholine rings is 1. The molecule has 0 aliphatic carbocycles. The Morgan fingerprint density at radius 2 is 2.08 bits per heavy atom. The molecule has 5 rings (SSSR count). The Hall–Kier alpha value is -2.98. The van der Waals surface area contributed by atoms with Crippen molar-refractivity contribution in [3.05, 3.63) is 85.5 Å². The molecule has 1 aliphatic heterocycles. The SMILES string of the molecule is CCn1ccc(=O)n(Cc2cc3c(-c4cc(Cl)cc(C)c4CC4CNCCO4)ncnn3c2)c1=O.Cl. The van der Waals surface area contributed by atoms with Gasteiger partial charge in [-0.25, -0.2) is 14.3 Å². The minimum absolute atomic E-state index is 0. The van der Waals surface area contributed by atoms with Gasteiger partial charge in [-0.2, -0.15) is 5.10 Å². The van der Waals surface area contributed by atoms with E-state index < -0.39 is 0 Å². The molecule has 36 heavy (non-hydrogen) atoms. The highest BCUT2D eigenvalue weighted by Gasteiger charge is 2.21. The van der Waals surface area contributed by atoms with Gasteiger partial charge >= 0.3 is 5.69 Å². The van der Waals surface area contributed by atoms with Gasteiger partial charge in [0.15, 0.2) is 0 Å². The summed E-state index contributed by atoms with van der Waals surface area (Å²) in [5.41, 5.74) is 4.73. The molecule has 0 saturated carbocycles. The first-order chi connectivity index (χ1) is 16.9. The van der Waals surface area contributed by atoms with Crippen molar-refractivity contribution in [3.8, 4) is 11.3 Å². The highest BCUT2D eigenvalue weighted by atomic mass is 35.5. The summed E-state index contributed by atoms with van der Waals surface area (Å²) in [4.78, 5) is 29.7. The molecule has 3 aromatic heterocycles. The third kappa shape index (κ3) is 5.10. The van der Waals surface area contributed by atoms with Crippen LogP contribution < -0.4 is 16.6 Å². The Balaban J connectivity index is 0.00000304. The summed E-state index contributed by atoms with van der Waals surface area (Å²) in [6.07, 6.45) is 5.64. The molecule has 1 aromatic carbocycles.